The van der Waals surface area contributed by atoms with E-state index in [1.165, 1.54) is 57.8 Å². The highest BCUT2D eigenvalue weighted by Gasteiger charge is 2.10. The van der Waals surface area contributed by atoms with E-state index in [0.29, 0.717) is 19.7 Å². The normalized spacial score (nSPS) is 13.0. The van der Waals surface area contributed by atoms with Crippen molar-refractivity contribution in [2.45, 2.75) is 84.3 Å². The van der Waals surface area contributed by atoms with Crippen molar-refractivity contribution in [3.05, 3.63) is 0 Å². The maximum atomic E-state index is 9.66. The maximum Gasteiger partial charge on any atom is 0.167 e. The van der Waals surface area contributed by atoms with E-state index in [4.69, 9.17) is 9.84 Å². The van der Waals surface area contributed by atoms with Crippen molar-refractivity contribution in [1.82, 2.24) is 4.90 Å². The highest BCUT2D eigenvalue weighted by Crippen LogP contribution is 2.11. The third kappa shape index (κ3) is 14.8. The van der Waals surface area contributed by atoms with Crippen LogP contribution in [-0.2, 0) is 4.74 Å². The Morgan fingerprint density at radius 2 is 1.36 bits per heavy atom. The van der Waals surface area contributed by atoms with Gasteiger partial charge < -0.3 is 14.9 Å². The first-order valence-electron chi connectivity index (χ1n) is 9.37. The summed E-state index contributed by atoms with van der Waals surface area (Å²) in [6, 6.07) is 0. The second-order valence-electron chi connectivity index (χ2n) is 6.12. The number of ether oxygens (including phenoxy) is 1. The summed E-state index contributed by atoms with van der Waals surface area (Å²) in [5.41, 5.74) is 0. The molecular weight excluding hydrogens is 278 g/mol. The van der Waals surface area contributed by atoms with Gasteiger partial charge >= 0.3 is 0 Å². The molecule has 0 aliphatic carbocycles. The largest absolute Gasteiger partial charge is 0.395 e. The summed E-state index contributed by atoms with van der Waals surface area (Å²) in [7, 11) is 0. The average molecular weight is 318 g/mol. The van der Waals surface area contributed by atoms with Crippen molar-refractivity contribution in [2.24, 2.45) is 0 Å². The Morgan fingerprint density at radius 1 is 0.818 bits per heavy atom. The Morgan fingerprint density at radius 3 is 1.86 bits per heavy atom. The molecule has 4 heteroatoms. The van der Waals surface area contributed by atoms with Crippen LogP contribution in [-0.4, -0.2) is 54.3 Å². The summed E-state index contributed by atoms with van der Waals surface area (Å²) < 4.78 is 5.15. The summed E-state index contributed by atoms with van der Waals surface area (Å²) in [4.78, 5) is 2.09. The van der Waals surface area contributed by atoms with E-state index in [2.05, 4.69) is 11.8 Å². The van der Waals surface area contributed by atoms with Gasteiger partial charge in [0.05, 0.1) is 6.61 Å². The lowest BCUT2D eigenvalue weighted by Crippen LogP contribution is -2.36. The van der Waals surface area contributed by atoms with Gasteiger partial charge in [-0.1, -0.05) is 64.7 Å². The van der Waals surface area contributed by atoms with E-state index in [1.807, 2.05) is 6.92 Å². The first kappa shape index (κ1) is 21.8. The van der Waals surface area contributed by atoms with Gasteiger partial charge in [-0.3, -0.25) is 4.90 Å². The maximum absolute atomic E-state index is 9.66. The van der Waals surface area contributed by atoms with Crippen LogP contribution in [0.2, 0.25) is 0 Å². The molecular formula is C18H39NO3. The lowest BCUT2D eigenvalue weighted by Gasteiger charge is -2.24. The van der Waals surface area contributed by atoms with Crippen LogP contribution < -0.4 is 0 Å². The minimum Gasteiger partial charge on any atom is -0.395 e. The summed E-state index contributed by atoms with van der Waals surface area (Å²) >= 11 is 0. The molecule has 0 aliphatic heterocycles. The molecule has 0 saturated carbocycles. The summed E-state index contributed by atoms with van der Waals surface area (Å²) in [6.45, 7) is 6.83. The molecule has 0 aromatic rings. The Labute approximate surface area is 137 Å². The predicted molar refractivity (Wildman–Crippen MR) is 93.0 cm³/mol. The number of hydrogen-bond acceptors (Lipinski definition) is 4. The lowest BCUT2D eigenvalue weighted by atomic mass is 10.1. The first-order chi connectivity index (χ1) is 10.7. The standard InChI is InChI=1S/C18H39NO3/c1-3-5-6-7-8-9-10-11-12-13-14-19(15-16-20)17-18(21)22-4-2/h18,20-21H,3-17H2,1-2H3. The van der Waals surface area contributed by atoms with Gasteiger partial charge in [-0.25, -0.2) is 0 Å². The SMILES string of the molecule is CCCCCCCCCCCCN(CCO)CC(O)OCC. The molecule has 134 valence electrons. The van der Waals surface area contributed by atoms with Gasteiger partial charge in [-0.05, 0) is 19.9 Å². The fourth-order valence-electron chi connectivity index (χ4n) is 2.72. The number of hydrogen-bond donors (Lipinski definition) is 2. The van der Waals surface area contributed by atoms with E-state index in [0.717, 1.165) is 13.0 Å². The minimum absolute atomic E-state index is 0.136. The number of aliphatic hydroxyl groups excluding tert-OH is 2. The molecule has 0 aromatic heterocycles. The van der Waals surface area contributed by atoms with Crippen molar-refractivity contribution in [3.8, 4) is 0 Å². The Hall–Kier alpha value is -0.160. The quantitative estimate of drug-likeness (QED) is 0.318. The Bertz CT molecular complexity index is 215. The molecule has 1 atom stereocenters. The molecule has 0 aliphatic rings. The van der Waals surface area contributed by atoms with Gasteiger partial charge in [-0.15, -0.1) is 0 Å². The van der Waals surface area contributed by atoms with Gasteiger partial charge in [0.25, 0.3) is 0 Å². The molecule has 0 saturated heterocycles. The van der Waals surface area contributed by atoms with Crippen molar-refractivity contribution in [2.75, 3.05) is 32.8 Å². The number of unbranched alkanes of at least 4 members (excludes halogenated alkanes) is 9. The van der Waals surface area contributed by atoms with Crippen LogP contribution in [0.25, 0.3) is 0 Å². The van der Waals surface area contributed by atoms with Crippen LogP contribution >= 0.6 is 0 Å². The molecule has 2 N–H and O–H groups in total. The van der Waals surface area contributed by atoms with E-state index in [9.17, 15) is 5.11 Å². The third-order valence-corrected chi connectivity index (χ3v) is 4.02. The Kier molecular flexibility index (Phi) is 17.1. The molecule has 1 unspecified atom stereocenters. The van der Waals surface area contributed by atoms with Crippen LogP contribution in [0, 0.1) is 0 Å². The van der Waals surface area contributed by atoms with Gasteiger partial charge in [0, 0.05) is 19.7 Å². The van der Waals surface area contributed by atoms with Crippen molar-refractivity contribution in [3.63, 3.8) is 0 Å². The predicted octanol–water partition coefficient (Wildman–Crippen LogP) is 3.56. The topological polar surface area (TPSA) is 52.9 Å². The zero-order valence-electron chi connectivity index (χ0n) is 14.9. The third-order valence-electron chi connectivity index (χ3n) is 4.02. The second-order valence-corrected chi connectivity index (χ2v) is 6.12. The van der Waals surface area contributed by atoms with Crippen LogP contribution in [0.1, 0.15) is 78.1 Å². The van der Waals surface area contributed by atoms with Gasteiger partial charge in [0.2, 0.25) is 0 Å². The molecule has 0 amide bonds. The van der Waals surface area contributed by atoms with E-state index in [1.54, 1.807) is 0 Å². The molecule has 0 radical (unpaired) electrons. The molecule has 0 heterocycles. The fourth-order valence-corrected chi connectivity index (χ4v) is 2.72. The van der Waals surface area contributed by atoms with Crippen molar-refractivity contribution in [1.29, 1.82) is 0 Å². The molecule has 0 fully saturated rings. The highest BCUT2D eigenvalue weighted by atomic mass is 16.6. The zero-order chi connectivity index (χ0) is 16.5. The lowest BCUT2D eigenvalue weighted by molar-refractivity contribution is -0.110. The number of nitrogens with zero attached hydrogens (tertiary/aromatic N) is 1. The average Bonchev–Trinajstić information content (AvgIpc) is 2.49. The highest BCUT2D eigenvalue weighted by molar-refractivity contribution is 4.60. The van der Waals surface area contributed by atoms with Crippen molar-refractivity contribution < 1.29 is 14.9 Å². The van der Waals surface area contributed by atoms with E-state index >= 15 is 0 Å². The van der Waals surface area contributed by atoms with Crippen LogP contribution in [0.5, 0.6) is 0 Å². The van der Waals surface area contributed by atoms with Crippen LogP contribution in [0.4, 0.5) is 0 Å². The smallest absolute Gasteiger partial charge is 0.167 e. The monoisotopic (exact) mass is 317 g/mol. The first-order valence-corrected chi connectivity index (χ1v) is 9.37. The Balaban J connectivity index is 3.47. The fraction of sp³-hybridized carbons (Fsp3) is 1.00. The molecule has 0 aromatic carbocycles. The van der Waals surface area contributed by atoms with E-state index < -0.39 is 6.29 Å². The summed E-state index contributed by atoms with van der Waals surface area (Å²) in [6.07, 6.45) is 12.5. The second kappa shape index (κ2) is 17.2. The van der Waals surface area contributed by atoms with Crippen LogP contribution in [0.15, 0.2) is 0 Å². The summed E-state index contributed by atoms with van der Waals surface area (Å²) in [5.74, 6) is 0. The minimum atomic E-state index is -0.736. The van der Waals surface area contributed by atoms with Gasteiger partial charge in [-0.2, -0.15) is 0 Å². The molecule has 4 nitrogen and oxygen atoms in total. The molecule has 0 bridgehead atoms. The van der Waals surface area contributed by atoms with Crippen molar-refractivity contribution >= 4 is 0 Å². The summed E-state index contributed by atoms with van der Waals surface area (Å²) in [5, 5.41) is 18.7. The van der Waals surface area contributed by atoms with Gasteiger partial charge in [0.1, 0.15) is 0 Å². The molecule has 22 heavy (non-hydrogen) atoms. The van der Waals surface area contributed by atoms with E-state index in [-0.39, 0.29) is 6.61 Å². The van der Waals surface area contributed by atoms with Gasteiger partial charge in [0.15, 0.2) is 6.29 Å². The zero-order valence-corrected chi connectivity index (χ0v) is 14.9. The number of aliphatic hydroxyl groups is 2. The molecule has 0 rings (SSSR count). The number of rotatable bonds is 17. The molecule has 0 spiro atoms. The van der Waals surface area contributed by atoms with Crippen LogP contribution in [0.3, 0.4) is 0 Å².